The smallest absolute Gasteiger partial charge is 0.317 e. The zero-order valence-corrected chi connectivity index (χ0v) is 15.0. The van der Waals surface area contributed by atoms with Crippen molar-refractivity contribution in [2.24, 2.45) is 0 Å². The van der Waals surface area contributed by atoms with E-state index in [1.807, 2.05) is 66.3 Å². The van der Waals surface area contributed by atoms with Crippen LogP contribution in [0.3, 0.4) is 0 Å². The first-order valence-corrected chi connectivity index (χ1v) is 8.65. The number of nitrogens with one attached hydrogen (secondary N) is 1. The lowest BCUT2D eigenvalue weighted by molar-refractivity contribution is 0.194. The van der Waals surface area contributed by atoms with Gasteiger partial charge in [-0.05, 0) is 36.8 Å². The van der Waals surface area contributed by atoms with Crippen LogP contribution >= 0.6 is 0 Å². The van der Waals surface area contributed by atoms with E-state index in [9.17, 15) is 4.79 Å². The fraction of sp³-hybridized carbons (Fsp3) is 0.250. The lowest BCUT2D eigenvalue weighted by atomic mass is 10.1. The summed E-state index contributed by atoms with van der Waals surface area (Å²) in [6, 6.07) is 15.6. The molecule has 3 rings (SSSR count). The van der Waals surface area contributed by atoms with Crippen LogP contribution in [0.2, 0.25) is 0 Å². The van der Waals surface area contributed by atoms with Crippen molar-refractivity contribution in [1.29, 1.82) is 0 Å². The van der Waals surface area contributed by atoms with Crippen molar-refractivity contribution in [3.8, 4) is 5.69 Å². The van der Waals surface area contributed by atoms with Crippen molar-refractivity contribution < 1.29 is 4.79 Å². The number of para-hydroxylation sites is 1. The molecule has 3 aromatic rings. The Balaban J connectivity index is 1.50. The summed E-state index contributed by atoms with van der Waals surface area (Å²) in [6.45, 7) is 2.52. The molecule has 6 heteroatoms. The van der Waals surface area contributed by atoms with Crippen LogP contribution < -0.4 is 5.32 Å². The Bertz CT molecular complexity index is 832. The number of pyridine rings is 1. The van der Waals surface area contributed by atoms with Gasteiger partial charge in [-0.25, -0.2) is 9.48 Å². The molecule has 0 bridgehead atoms. The summed E-state index contributed by atoms with van der Waals surface area (Å²) in [7, 11) is 1.79. The maximum absolute atomic E-state index is 12.3. The first-order chi connectivity index (χ1) is 12.6. The summed E-state index contributed by atoms with van der Waals surface area (Å²) in [5.74, 6) is 0. The van der Waals surface area contributed by atoms with E-state index in [1.165, 1.54) is 0 Å². The number of hydrogen-bond acceptors (Lipinski definition) is 3. The van der Waals surface area contributed by atoms with Crippen molar-refractivity contribution in [2.75, 3.05) is 13.6 Å². The number of hydrogen-bond donors (Lipinski definition) is 1. The van der Waals surface area contributed by atoms with Crippen LogP contribution in [0.1, 0.15) is 24.2 Å². The Hall–Kier alpha value is -3.15. The van der Waals surface area contributed by atoms with E-state index >= 15 is 0 Å². The monoisotopic (exact) mass is 349 g/mol. The van der Waals surface area contributed by atoms with Crippen LogP contribution in [0, 0.1) is 0 Å². The lowest BCUT2D eigenvalue weighted by Gasteiger charge is -2.25. The van der Waals surface area contributed by atoms with Gasteiger partial charge in [0.1, 0.15) is 0 Å². The van der Waals surface area contributed by atoms with Crippen LogP contribution in [-0.4, -0.2) is 39.3 Å². The van der Waals surface area contributed by atoms with E-state index in [2.05, 4.69) is 15.4 Å². The number of aromatic nitrogens is 3. The van der Waals surface area contributed by atoms with Gasteiger partial charge in [-0.3, -0.25) is 4.98 Å². The van der Waals surface area contributed by atoms with Crippen LogP contribution in [0.5, 0.6) is 0 Å². The molecule has 2 heterocycles. The van der Waals surface area contributed by atoms with E-state index in [4.69, 9.17) is 0 Å². The highest BCUT2D eigenvalue weighted by molar-refractivity contribution is 5.74. The number of rotatable bonds is 6. The van der Waals surface area contributed by atoms with E-state index in [-0.39, 0.29) is 12.1 Å². The van der Waals surface area contributed by atoms with Gasteiger partial charge < -0.3 is 10.2 Å². The van der Waals surface area contributed by atoms with Crippen molar-refractivity contribution in [1.82, 2.24) is 25.0 Å². The van der Waals surface area contributed by atoms with Crippen molar-refractivity contribution in [2.45, 2.75) is 19.4 Å². The highest BCUT2D eigenvalue weighted by atomic mass is 16.2. The molecule has 1 aromatic carbocycles. The minimum Gasteiger partial charge on any atom is -0.338 e. The van der Waals surface area contributed by atoms with Gasteiger partial charge in [-0.2, -0.15) is 5.10 Å². The normalized spacial score (nSPS) is 11.8. The van der Waals surface area contributed by atoms with Crippen molar-refractivity contribution in [3.63, 3.8) is 0 Å². The van der Waals surface area contributed by atoms with Crippen molar-refractivity contribution >= 4 is 6.03 Å². The molecule has 2 aromatic heterocycles. The third-order valence-electron chi connectivity index (χ3n) is 4.39. The highest BCUT2D eigenvalue weighted by Crippen LogP contribution is 2.17. The molecule has 2 amide bonds. The number of benzene rings is 1. The zero-order chi connectivity index (χ0) is 18.4. The van der Waals surface area contributed by atoms with E-state index in [0.29, 0.717) is 13.0 Å². The third kappa shape index (κ3) is 4.27. The quantitative estimate of drug-likeness (QED) is 0.743. The Morgan fingerprint density at radius 2 is 2.00 bits per heavy atom. The standard InChI is InChI=1S/C20H23N5O/c1-16(17-7-6-12-21-15-17)24(2)20(26)22-13-10-18-11-14-25(23-18)19-8-4-3-5-9-19/h3-9,11-12,14-16H,10,13H2,1-2H3,(H,22,26)/t16-/m1/s1. The summed E-state index contributed by atoms with van der Waals surface area (Å²) in [5.41, 5.74) is 2.97. The largest absolute Gasteiger partial charge is 0.338 e. The fourth-order valence-electron chi connectivity index (χ4n) is 2.66. The molecule has 0 saturated carbocycles. The summed E-state index contributed by atoms with van der Waals surface area (Å²) in [6.07, 6.45) is 6.12. The number of amides is 2. The van der Waals surface area contributed by atoms with Gasteiger partial charge in [-0.1, -0.05) is 24.3 Å². The van der Waals surface area contributed by atoms with Crippen LogP contribution in [-0.2, 0) is 6.42 Å². The van der Waals surface area contributed by atoms with Gasteiger partial charge in [0, 0.05) is 38.6 Å². The molecular weight excluding hydrogens is 326 g/mol. The second-order valence-corrected chi connectivity index (χ2v) is 6.14. The molecule has 0 radical (unpaired) electrons. The maximum atomic E-state index is 12.3. The predicted octanol–water partition coefficient (Wildman–Crippen LogP) is 3.21. The molecule has 0 unspecified atom stereocenters. The second-order valence-electron chi connectivity index (χ2n) is 6.14. The van der Waals surface area contributed by atoms with E-state index in [1.54, 1.807) is 24.3 Å². The molecule has 134 valence electrons. The molecule has 0 aliphatic heterocycles. The summed E-state index contributed by atoms with van der Waals surface area (Å²) < 4.78 is 1.84. The molecular formula is C20H23N5O. The summed E-state index contributed by atoms with van der Waals surface area (Å²) in [5, 5.41) is 7.50. The molecule has 0 aliphatic rings. The Labute approximate surface area is 153 Å². The minimum atomic E-state index is -0.108. The van der Waals surface area contributed by atoms with E-state index < -0.39 is 0 Å². The average Bonchev–Trinajstić information content (AvgIpc) is 3.17. The van der Waals surface area contributed by atoms with Crippen LogP contribution in [0.25, 0.3) is 5.69 Å². The first-order valence-electron chi connectivity index (χ1n) is 8.65. The lowest BCUT2D eigenvalue weighted by Crippen LogP contribution is -2.39. The SMILES string of the molecule is C[C@H](c1cccnc1)N(C)C(=O)NCCc1ccn(-c2ccccc2)n1. The van der Waals surface area contributed by atoms with Gasteiger partial charge in [0.15, 0.2) is 0 Å². The average molecular weight is 349 g/mol. The highest BCUT2D eigenvalue weighted by Gasteiger charge is 2.17. The van der Waals surface area contributed by atoms with Crippen molar-refractivity contribution in [3.05, 3.63) is 78.4 Å². The molecule has 1 N–H and O–H groups in total. The molecule has 1 atom stereocenters. The predicted molar refractivity (Wildman–Crippen MR) is 101 cm³/mol. The molecule has 6 nitrogen and oxygen atoms in total. The maximum Gasteiger partial charge on any atom is 0.317 e. The number of carbonyl (C=O) groups excluding carboxylic acids is 1. The van der Waals surface area contributed by atoms with Crippen LogP contribution in [0.4, 0.5) is 4.79 Å². The molecule has 0 fully saturated rings. The zero-order valence-electron chi connectivity index (χ0n) is 15.0. The molecule has 0 aliphatic carbocycles. The van der Waals surface area contributed by atoms with Crippen LogP contribution in [0.15, 0.2) is 67.1 Å². The molecule has 0 saturated heterocycles. The van der Waals surface area contributed by atoms with Gasteiger partial charge in [0.2, 0.25) is 0 Å². The summed E-state index contributed by atoms with van der Waals surface area (Å²) >= 11 is 0. The fourth-order valence-corrected chi connectivity index (χ4v) is 2.66. The van der Waals surface area contributed by atoms with Gasteiger partial charge in [0.05, 0.1) is 17.4 Å². The summed E-state index contributed by atoms with van der Waals surface area (Å²) in [4.78, 5) is 18.1. The number of nitrogens with zero attached hydrogens (tertiary/aromatic N) is 4. The first kappa shape index (κ1) is 17.7. The van der Waals surface area contributed by atoms with Gasteiger partial charge in [0.25, 0.3) is 0 Å². The Kier molecular flexibility index (Phi) is 5.63. The van der Waals surface area contributed by atoms with Gasteiger partial charge in [-0.15, -0.1) is 0 Å². The van der Waals surface area contributed by atoms with E-state index in [0.717, 1.165) is 16.9 Å². The third-order valence-corrected chi connectivity index (χ3v) is 4.39. The Morgan fingerprint density at radius 3 is 2.73 bits per heavy atom. The van der Waals surface area contributed by atoms with Gasteiger partial charge >= 0.3 is 6.03 Å². The minimum absolute atomic E-state index is 0.0408. The molecule has 26 heavy (non-hydrogen) atoms. The number of urea groups is 1. The second kappa shape index (κ2) is 8.29. The topological polar surface area (TPSA) is 63.1 Å². The molecule has 0 spiro atoms. The number of carbonyl (C=O) groups is 1. The Morgan fingerprint density at radius 1 is 1.19 bits per heavy atom.